The Kier molecular flexibility index (Phi) is 4.41. The Hall–Kier alpha value is -0.780. The van der Waals surface area contributed by atoms with E-state index in [4.69, 9.17) is 5.73 Å². The topological polar surface area (TPSA) is 55.1 Å². The number of rotatable bonds is 4. The molecule has 1 rings (SSSR count). The quantitative estimate of drug-likeness (QED) is 0.803. The van der Waals surface area contributed by atoms with Gasteiger partial charge in [-0.1, -0.05) is 13.3 Å². The van der Waals surface area contributed by atoms with Crippen LogP contribution in [0.1, 0.15) is 39.0 Å². The van der Waals surface area contributed by atoms with Gasteiger partial charge in [0.2, 0.25) is 5.91 Å². The molecule has 1 saturated carbocycles. The average Bonchev–Trinajstić information content (AvgIpc) is 2.26. The highest BCUT2D eigenvalue weighted by Gasteiger charge is 2.42. The minimum atomic E-state index is -4.32. The third-order valence-electron chi connectivity index (χ3n) is 3.63. The van der Waals surface area contributed by atoms with Crippen LogP contribution in [0.4, 0.5) is 13.2 Å². The molecule has 0 unspecified atom stereocenters. The molecule has 0 heterocycles. The van der Waals surface area contributed by atoms with Crippen LogP contribution in [0.5, 0.6) is 0 Å². The Morgan fingerprint density at radius 1 is 1.41 bits per heavy atom. The zero-order valence-corrected chi connectivity index (χ0v) is 9.94. The van der Waals surface area contributed by atoms with Crippen LogP contribution >= 0.6 is 0 Å². The van der Waals surface area contributed by atoms with E-state index in [1.54, 1.807) is 0 Å². The first kappa shape index (κ1) is 14.3. The van der Waals surface area contributed by atoms with Gasteiger partial charge in [-0.15, -0.1) is 0 Å². The van der Waals surface area contributed by atoms with Crippen molar-refractivity contribution in [3.05, 3.63) is 0 Å². The third kappa shape index (κ3) is 3.87. The van der Waals surface area contributed by atoms with E-state index in [1.807, 2.05) is 6.92 Å². The molecular weight excluding hydrogens is 233 g/mol. The van der Waals surface area contributed by atoms with Gasteiger partial charge in [-0.3, -0.25) is 10.1 Å². The van der Waals surface area contributed by atoms with Crippen LogP contribution < -0.4 is 11.1 Å². The minimum Gasteiger partial charge on any atom is -0.368 e. The van der Waals surface area contributed by atoms with E-state index in [0.29, 0.717) is 18.8 Å². The Morgan fingerprint density at radius 3 is 2.29 bits per heavy atom. The van der Waals surface area contributed by atoms with Crippen molar-refractivity contribution in [2.24, 2.45) is 11.7 Å². The summed E-state index contributed by atoms with van der Waals surface area (Å²) in [6, 6.07) is 0. The maximum Gasteiger partial charge on any atom is 0.401 e. The SMILES string of the molecule is CCC1CCC(NCC(F)(F)F)(C(N)=O)CC1. The maximum atomic E-state index is 12.2. The molecule has 3 nitrogen and oxygen atoms in total. The maximum absolute atomic E-state index is 12.2. The number of nitrogens with one attached hydrogen (secondary N) is 1. The van der Waals surface area contributed by atoms with Crippen molar-refractivity contribution in [1.29, 1.82) is 0 Å². The fourth-order valence-corrected chi connectivity index (χ4v) is 2.36. The Labute approximate surface area is 98.9 Å². The number of alkyl halides is 3. The Balaban J connectivity index is 2.62. The molecule has 1 fully saturated rings. The van der Waals surface area contributed by atoms with Gasteiger partial charge in [0.15, 0.2) is 0 Å². The first-order valence-corrected chi connectivity index (χ1v) is 5.91. The number of hydrogen-bond donors (Lipinski definition) is 2. The van der Waals surface area contributed by atoms with Crippen molar-refractivity contribution in [1.82, 2.24) is 5.32 Å². The second kappa shape index (κ2) is 5.25. The molecule has 0 saturated heterocycles. The highest BCUT2D eigenvalue weighted by molar-refractivity contribution is 5.84. The normalized spacial score (nSPS) is 30.2. The fourth-order valence-electron chi connectivity index (χ4n) is 2.36. The van der Waals surface area contributed by atoms with Crippen molar-refractivity contribution in [3.63, 3.8) is 0 Å². The first-order valence-electron chi connectivity index (χ1n) is 5.91. The van der Waals surface area contributed by atoms with Crippen molar-refractivity contribution in [2.45, 2.75) is 50.7 Å². The Bertz CT molecular complexity index is 270. The fraction of sp³-hybridized carbons (Fsp3) is 0.909. The van der Waals surface area contributed by atoms with Crippen LogP contribution in [-0.2, 0) is 4.79 Å². The summed E-state index contributed by atoms with van der Waals surface area (Å²) in [7, 11) is 0. The molecule has 1 aliphatic rings. The summed E-state index contributed by atoms with van der Waals surface area (Å²) < 4.78 is 36.5. The lowest BCUT2D eigenvalue weighted by Gasteiger charge is -2.38. The molecule has 1 aliphatic carbocycles. The second-order valence-electron chi connectivity index (χ2n) is 4.77. The monoisotopic (exact) mass is 252 g/mol. The van der Waals surface area contributed by atoms with Gasteiger partial charge in [-0.05, 0) is 31.6 Å². The van der Waals surface area contributed by atoms with Crippen LogP contribution in [0.15, 0.2) is 0 Å². The van der Waals surface area contributed by atoms with Crippen LogP contribution in [0.3, 0.4) is 0 Å². The lowest BCUT2D eigenvalue weighted by atomic mass is 9.75. The number of amides is 1. The number of hydrogen-bond acceptors (Lipinski definition) is 2. The number of primary amides is 1. The van der Waals surface area contributed by atoms with Gasteiger partial charge in [0.1, 0.15) is 0 Å². The molecule has 0 aromatic carbocycles. The summed E-state index contributed by atoms with van der Waals surface area (Å²) in [6.07, 6.45) is -1.01. The molecule has 0 aliphatic heterocycles. The molecule has 100 valence electrons. The van der Waals surface area contributed by atoms with E-state index < -0.39 is 24.2 Å². The molecule has 0 spiro atoms. The van der Waals surface area contributed by atoms with Gasteiger partial charge in [0.05, 0.1) is 12.1 Å². The van der Waals surface area contributed by atoms with Crippen LogP contribution in [0, 0.1) is 5.92 Å². The molecule has 1 amide bonds. The zero-order chi connectivity index (χ0) is 13.1. The van der Waals surface area contributed by atoms with E-state index >= 15 is 0 Å². The van der Waals surface area contributed by atoms with Gasteiger partial charge >= 0.3 is 6.18 Å². The lowest BCUT2D eigenvalue weighted by molar-refractivity contribution is -0.138. The summed E-state index contributed by atoms with van der Waals surface area (Å²) in [5.41, 5.74) is 4.08. The molecule has 6 heteroatoms. The minimum absolute atomic E-state index is 0.400. The van der Waals surface area contributed by atoms with E-state index in [9.17, 15) is 18.0 Å². The predicted octanol–water partition coefficient (Wildman–Crippen LogP) is 1.96. The highest BCUT2D eigenvalue weighted by atomic mass is 19.4. The smallest absolute Gasteiger partial charge is 0.368 e. The van der Waals surface area contributed by atoms with Gasteiger partial charge in [0, 0.05) is 0 Å². The van der Waals surface area contributed by atoms with Crippen LogP contribution in [0.25, 0.3) is 0 Å². The van der Waals surface area contributed by atoms with E-state index in [-0.39, 0.29) is 0 Å². The van der Waals surface area contributed by atoms with Crippen molar-refractivity contribution in [2.75, 3.05) is 6.54 Å². The number of carbonyl (C=O) groups excluding carboxylic acids is 1. The highest BCUT2D eigenvalue weighted by Crippen LogP contribution is 2.34. The molecule has 3 N–H and O–H groups in total. The molecule has 0 radical (unpaired) electrons. The van der Waals surface area contributed by atoms with Crippen LogP contribution in [0.2, 0.25) is 0 Å². The molecule has 0 aromatic heterocycles. The molecule has 17 heavy (non-hydrogen) atoms. The molecule has 0 bridgehead atoms. The summed E-state index contributed by atoms with van der Waals surface area (Å²) >= 11 is 0. The van der Waals surface area contributed by atoms with Gasteiger partial charge < -0.3 is 5.73 Å². The van der Waals surface area contributed by atoms with Crippen molar-refractivity contribution in [3.8, 4) is 0 Å². The van der Waals surface area contributed by atoms with E-state index in [0.717, 1.165) is 19.3 Å². The number of nitrogens with two attached hydrogens (primary N) is 1. The summed E-state index contributed by atoms with van der Waals surface area (Å²) in [5, 5.41) is 2.32. The largest absolute Gasteiger partial charge is 0.401 e. The Morgan fingerprint density at radius 2 is 1.94 bits per heavy atom. The first-order chi connectivity index (χ1) is 7.79. The van der Waals surface area contributed by atoms with Crippen molar-refractivity contribution < 1.29 is 18.0 Å². The molecule has 0 aromatic rings. The molecular formula is C11H19F3N2O. The summed E-state index contributed by atoms with van der Waals surface area (Å²) in [5.74, 6) is -0.175. The summed E-state index contributed by atoms with van der Waals surface area (Å²) in [4.78, 5) is 11.4. The van der Waals surface area contributed by atoms with Crippen LogP contribution in [-0.4, -0.2) is 24.2 Å². The van der Waals surface area contributed by atoms with E-state index in [1.165, 1.54) is 0 Å². The predicted molar refractivity (Wildman–Crippen MR) is 58.2 cm³/mol. The lowest BCUT2D eigenvalue weighted by Crippen LogP contribution is -2.59. The average molecular weight is 252 g/mol. The van der Waals surface area contributed by atoms with Gasteiger partial charge in [-0.25, -0.2) is 0 Å². The zero-order valence-electron chi connectivity index (χ0n) is 9.94. The van der Waals surface area contributed by atoms with Gasteiger partial charge in [-0.2, -0.15) is 13.2 Å². The number of carbonyl (C=O) groups is 1. The standard InChI is InChI=1S/C11H19F3N2O/c1-2-8-3-5-10(6-4-8,9(15)17)16-7-11(12,13)14/h8,16H,2-7H2,1H3,(H2,15,17). The second-order valence-corrected chi connectivity index (χ2v) is 4.77. The third-order valence-corrected chi connectivity index (χ3v) is 3.63. The van der Waals surface area contributed by atoms with Gasteiger partial charge in [0.25, 0.3) is 0 Å². The van der Waals surface area contributed by atoms with Crippen molar-refractivity contribution >= 4 is 5.91 Å². The summed E-state index contributed by atoms with van der Waals surface area (Å²) in [6.45, 7) is 0.887. The molecule has 0 atom stereocenters. The van der Waals surface area contributed by atoms with E-state index in [2.05, 4.69) is 5.32 Å². The number of halogens is 3.